The molecule has 0 N–H and O–H groups in total. The Balaban J connectivity index is 4.03. The van der Waals surface area contributed by atoms with Crippen LogP contribution in [0.3, 0.4) is 0 Å². The Morgan fingerprint density at radius 3 is 0.813 bits per heavy atom. The molecule has 0 spiro atoms. The van der Waals surface area contributed by atoms with Crippen LogP contribution >= 0.6 is 0 Å². The number of allylic oxidation sites excluding steroid dienone is 8. The molecule has 0 aliphatic rings. The number of rotatable bonds is 61. The zero-order chi connectivity index (χ0) is 54.3. The lowest BCUT2D eigenvalue weighted by Crippen LogP contribution is -2.30. The maximum absolute atomic E-state index is 12.8. The van der Waals surface area contributed by atoms with Gasteiger partial charge >= 0.3 is 17.9 Å². The highest BCUT2D eigenvalue weighted by atomic mass is 16.6. The summed E-state index contributed by atoms with van der Waals surface area (Å²) in [4.78, 5) is 38.2. The Hall–Kier alpha value is -2.63. The van der Waals surface area contributed by atoms with Crippen molar-refractivity contribution in [1.29, 1.82) is 0 Å². The highest BCUT2D eigenvalue weighted by Crippen LogP contribution is 2.18. The van der Waals surface area contributed by atoms with Gasteiger partial charge in [0.05, 0.1) is 0 Å². The van der Waals surface area contributed by atoms with E-state index in [0.29, 0.717) is 19.3 Å². The van der Waals surface area contributed by atoms with Crippen LogP contribution in [0.2, 0.25) is 0 Å². The number of unbranched alkanes of at least 4 members (excludes halogenated alkanes) is 42. The van der Waals surface area contributed by atoms with Crippen molar-refractivity contribution in [3.05, 3.63) is 48.6 Å². The van der Waals surface area contributed by atoms with E-state index in [0.717, 1.165) is 83.5 Å². The Kier molecular flexibility index (Phi) is 61.7. The lowest BCUT2D eigenvalue weighted by atomic mass is 10.0. The molecule has 0 saturated heterocycles. The molecule has 0 rings (SSSR count). The molecule has 0 saturated carbocycles. The molecule has 1 unspecified atom stereocenters. The summed E-state index contributed by atoms with van der Waals surface area (Å²) in [5.74, 6) is -0.841. The molecular formula is C69H126O6. The molecule has 0 aromatic heterocycles. The summed E-state index contributed by atoms with van der Waals surface area (Å²) in [5, 5.41) is 0. The van der Waals surface area contributed by atoms with Crippen LogP contribution in [0.15, 0.2) is 48.6 Å². The molecule has 0 aromatic rings. The minimum absolute atomic E-state index is 0.0651. The molecule has 1 atom stereocenters. The summed E-state index contributed by atoms with van der Waals surface area (Å²) in [6.45, 7) is 6.57. The summed E-state index contributed by atoms with van der Waals surface area (Å²) in [6.07, 6.45) is 80.0. The summed E-state index contributed by atoms with van der Waals surface area (Å²) >= 11 is 0. The van der Waals surface area contributed by atoms with E-state index >= 15 is 0 Å². The van der Waals surface area contributed by atoms with E-state index < -0.39 is 6.10 Å². The van der Waals surface area contributed by atoms with Crippen molar-refractivity contribution >= 4 is 17.9 Å². The number of hydrogen-bond acceptors (Lipinski definition) is 6. The Labute approximate surface area is 467 Å². The predicted octanol–water partition coefficient (Wildman–Crippen LogP) is 22.6. The van der Waals surface area contributed by atoms with E-state index in [-0.39, 0.29) is 31.1 Å². The van der Waals surface area contributed by atoms with Gasteiger partial charge in [0.15, 0.2) is 6.10 Å². The highest BCUT2D eigenvalue weighted by molar-refractivity contribution is 5.71. The minimum Gasteiger partial charge on any atom is -0.462 e. The Morgan fingerprint density at radius 1 is 0.280 bits per heavy atom. The normalized spacial score (nSPS) is 12.3. The molecule has 0 amide bonds. The SMILES string of the molecule is CC/C=C\C/C=C\C/C=C\C/C=C\CCCCCCCCCCCCCCCCCCCCCCC(=O)OCC(COC(=O)CCCCCCCCCCCCCC)OC(=O)CCCCCCCCCCCCCC. The third-order valence-corrected chi connectivity index (χ3v) is 14.8. The van der Waals surface area contributed by atoms with Crippen LogP contribution in [0.25, 0.3) is 0 Å². The van der Waals surface area contributed by atoms with Crippen LogP contribution in [0.4, 0.5) is 0 Å². The molecule has 0 aromatic carbocycles. The van der Waals surface area contributed by atoms with Crippen molar-refractivity contribution < 1.29 is 28.6 Å². The van der Waals surface area contributed by atoms with Crippen LogP contribution in [-0.2, 0) is 28.6 Å². The van der Waals surface area contributed by atoms with Gasteiger partial charge in [-0.3, -0.25) is 14.4 Å². The average molecular weight is 1050 g/mol. The first-order valence-corrected chi connectivity index (χ1v) is 33.1. The number of carbonyl (C=O) groups is 3. The van der Waals surface area contributed by atoms with Crippen LogP contribution in [-0.4, -0.2) is 37.2 Å². The molecular weight excluding hydrogens is 925 g/mol. The quantitative estimate of drug-likeness (QED) is 0.0261. The predicted molar refractivity (Wildman–Crippen MR) is 325 cm³/mol. The second kappa shape index (κ2) is 63.9. The smallest absolute Gasteiger partial charge is 0.306 e. The fourth-order valence-electron chi connectivity index (χ4n) is 9.91. The van der Waals surface area contributed by atoms with E-state index in [1.165, 1.54) is 231 Å². The number of hydrogen-bond donors (Lipinski definition) is 0. The monoisotopic (exact) mass is 1050 g/mol. The largest absolute Gasteiger partial charge is 0.462 e. The van der Waals surface area contributed by atoms with Gasteiger partial charge in [-0.1, -0.05) is 326 Å². The second-order valence-corrected chi connectivity index (χ2v) is 22.4. The first kappa shape index (κ1) is 72.4. The molecule has 438 valence electrons. The van der Waals surface area contributed by atoms with Gasteiger partial charge in [0.25, 0.3) is 0 Å². The van der Waals surface area contributed by atoms with Gasteiger partial charge in [0, 0.05) is 19.3 Å². The maximum atomic E-state index is 12.8. The van der Waals surface area contributed by atoms with Gasteiger partial charge < -0.3 is 14.2 Å². The number of esters is 3. The molecule has 6 nitrogen and oxygen atoms in total. The number of ether oxygens (including phenoxy) is 3. The van der Waals surface area contributed by atoms with Crippen molar-refractivity contribution in [1.82, 2.24) is 0 Å². The van der Waals surface area contributed by atoms with Crippen LogP contribution in [0, 0.1) is 0 Å². The third-order valence-electron chi connectivity index (χ3n) is 14.8. The number of carbonyl (C=O) groups excluding carboxylic acids is 3. The average Bonchev–Trinajstić information content (AvgIpc) is 3.41. The van der Waals surface area contributed by atoms with Crippen molar-refractivity contribution in [2.75, 3.05) is 13.2 Å². The summed E-state index contributed by atoms with van der Waals surface area (Å²) in [7, 11) is 0. The minimum atomic E-state index is -0.765. The zero-order valence-electron chi connectivity index (χ0n) is 50.3. The maximum Gasteiger partial charge on any atom is 0.306 e. The third kappa shape index (κ3) is 62.1. The van der Waals surface area contributed by atoms with Gasteiger partial charge in [-0.15, -0.1) is 0 Å². The highest BCUT2D eigenvalue weighted by Gasteiger charge is 2.19. The van der Waals surface area contributed by atoms with Crippen molar-refractivity contribution in [3.63, 3.8) is 0 Å². The molecule has 0 radical (unpaired) electrons. The molecule has 0 fully saturated rings. The molecule has 0 heterocycles. The lowest BCUT2D eigenvalue weighted by molar-refractivity contribution is -0.167. The second-order valence-electron chi connectivity index (χ2n) is 22.4. The zero-order valence-corrected chi connectivity index (χ0v) is 50.3. The molecule has 0 bridgehead atoms. The van der Waals surface area contributed by atoms with E-state index in [2.05, 4.69) is 69.4 Å². The van der Waals surface area contributed by atoms with Gasteiger partial charge in [0.2, 0.25) is 0 Å². The molecule has 75 heavy (non-hydrogen) atoms. The van der Waals surface area contributed by atoms with E-state index in [1.54, 1.807) is 0 Å². The van der Waals surface area contributed by atoms with Gasteiger partial charge in [0.1, 0.15) is 13.2 Å². The van der Waals surface area contributed by atoms with Crippen LogP contribution < -0.4 is 0 Å². The molecule has 0 aliphatic heterocycles. The molecule has 0 aliphatic carbocycles. The van der Waals surface area contributed by atoms with E-state index in [4.69, 9.17) is 14.2 Å². The van der Waals surface area contributed by atoms with Crippen molar-refractivity contribution in [2.24, 2.45) is 0 Å². The van der Waals surface area contributed by atoms with Crippen molar-refractivity contribution in [2.45, 2.75) is 361 Å². The standard InChI is InChI=1S/C69H126O6/c1-4-7-10-13-16-19-22-25-26-27-28-29-30-31-32-33-34-35-36-37-38-39-40-41-42-43-44-45-48-50-53-56-59-62-68(71)74-65-66(75-69(72)63-60-57-54-51-47-24-21-18-15-12-9-6-3)64-73-67(70)61-58-55-52-49-46-23-20-17-14-11-8-5-2/h7,10,16,19,25-26,28-29,66H,4-6,8-9,11-15,17-18,20-24,27,30-65H2,1-3H3/b10-7-,19-16-,26-25-,29-28-. The fraction of sp³-hybridized carbons (Fsp3) is 0.841. The van der Waals surface area contributed by atoms with Crippen LogP contribution in [0.1, 0.15) is 355 Å². The summed E-state index contributed by atoms with van der Waals surface area (Å²) in [5.41, 5.74) is 0. The first-order valence-electron chi connectivity index (χ1n) is 33.1. The topological polar surface area (TPSA) is 78.9 Å². The van der Waals surface area contributed by atoms with E-state index in [9.17, 15) is 14.4 Å². The van der Waals surface area contributed by atoms with Gasteiger partial charge in [-0.05, 0) is 57.8 Å². The Bertz CT molecular complexity index is 1300. The summed E-state index contributed by atoms with van der Waals surface area (Å²) in [6, 6.07) is 0. The summed E-state index contributed by atoms with van der Waals surface area (Å²) < 4.78 is 16.9. The van der Waals surface area contributed by atoms with Gasteiger partial charge in [-0.25, -0.2) is 0 Å². The first-order chi connectivity index (χ1) is 37.0. The van der Waals surface area contributed by atoms with Gasteiger partial charge in [-0.2, -0.15) is 0 Å². The van der Waals surface area contributed by atoms with Crippen LogP contribution in [0.5, 0.6) is 0 Å². The fourth-order valence-corrected chi connectivity index (χ4v) is 9.91. The van der Waals surface area contributed by atoms with Crippen molar-refractivity contribution in [3.8, 4) is 0 Å². The van der Waals surface area contributed by atoms with E-state index in [1.807, 2.05) is 0 Å². The molecule has 6 heteroatoms. The Morgan fingerprint density at radius 2 is 0.520 bits per heavy atom. The lowest BCUT2D eigenvalue weighted by Gasteiger charge is -2.18.